The van der Waals surface area contributed by atoms with Crippen molar-refractivity contribution in [3.05, 3.63) is 12.2 Å². The van der Waals surface area contributed by atoms with Gasteiger partial charge in [-0.05, 0) is 19.3 Å². The van der Waals surface area contributed by atoms with Crippen molar-refractivity contribution in [3.63, 3.8) is 0 Å². The SMILES string of the molecule is CCCCCCCCCCCCCCCC/C=C/[C@@H](O)[C@H](COP(=O)(O)OC1C(O)C(O)C(O)[C@@H](O)C1O)NC(=O)CCCCCCCCCCCCCCCCCCCC. The summed E-state index contributed by atoms with van der Waals surface area (Å²) in [5.41, 5.74) is 0. The van der Waals surface area contributed by atoms with Crippen LogP contribution < -0.4 is 5.32 Å². The van der Waals surface area contributed by atoms with Gasteiger partial charge in [-0.1, -0.05) is 219 Å². The minimum absolute atomic E-state index is 0.219. The number of hydrogen-bond donors (Lipinski definition) is 8. The average molecular weight is 892 g/mol. The summed E-state index contributed by atoms with van der Waals surface area (Å²) >= 11 is 0. The molecular formula is C48H94NO11P. The first-order chi connectivity index (χ1) is 29.4. The standard InChI is InChI=1S/C48H94NO11P/c1-3-5-7-9-11-13-15-17-19-21-22-24-26-28-30-32-34-36-38-42(51)49-40(39-59-61(57,58)60-48-46(55)44(53)43(52)45(54)47(48)56)41(50)37-35-33-31-29-27-25-23-20-18-16-14-12-10-8-6-4-2/h35,37,40-41,43-48,50,52-56H,3-34,36,38-39H2,1-2H3,(H,49,51)(H,57,58)/b37-35+/t40-,41+,43?,44+,45?,46?,47?,48?/m0/s1. The fraction of sp³-hybridized carbons (Fsp3) is 0.938. The van der Waals surface area contributed by atoms with Crippen LogP contribution in [0.3, 0.4) is 0 Å². The maximum atomic E-state index is 13.0. The van der Waals surface area contributed by atoms with Crippen molar-refractivity contribution < 1.29 is 53.9 Å². The molecule has 1 aliphatic carbocycles. The predicted molar refractivity (Wildman–Crippen MR) is 246 cm³/mol. The summed E-state index contributed by atoms with van der Waals surface area (Å²) in [5, 5.41) is 64.1. The van der Waals surface area contributed by atoms with E-state index in [1.54, 1.807) is 6.08 Å². The summed E-state index contributed by atoms with van der Waals surface area (Å²) in [6.07, 6.45) is 31.3. The minimum Gasteiger partial charge on any atom is -0.387 e. The molecule has 6 unspecified atom stereocenters. The summed E-state index contributed by atoms with van der Waals surface area (Å²) in [5.74, 6) is -0.337. The van der Waals surface area contributed by atoms with Crippen LogP contribution in [0, 0.1) is 0 Å². The Morgan fingerprint density at radius 1 is 0.541 bits per heavy atom. The molecule has 0 heterocycles. The maximum absolute atomic E-state index is 13.0. The van der Waals surface area contributed by atoms with E-state index in [1.165, 1.54) is 161 Å². The topological polar surface area (TPSA) is 206 Å². The lowest BCUT2D eigenvalue weighted by Crippen LogP contribution is -2.64. The van der Waals surface area contributed by atoms with Gasteiger partial charge in [0.1, 0.15) is 36.6 Å². The minimum atomic E-state index is -5.08. The lowest BCUT2D eigenvalue weighted by molar-refractivity contribution is -0.220. The molecule has 0 spiro atoms. The highest BCUT2D eigenvalue weighted by Crippen LogP contribution is 2.47. The van der Waals surface area contributed by atoms with Gasteiger partial charge in [-0.25, -0.2) is 4.57 Å². The highest BCUT2D eigenvalue weighted by Gasteiger charge is 2.51. The molecule has 0 aromatic carbocycles. The Balaban J connectivity index is 2.44. The zero-order valence-corrected chi connectivity index (χ0v) is 39.6. The third kappa shape index (κ3) is 30.0. The van der Waals surface area contributed by atoms with Crippen molar-refractivity contribution in [2.45, 2.75) is 281 Å². The number of phosphoric ester groups is 1. The summed E-state index contributed by atoms with van der Waals surface area (Å²) in [4.78, 5) is 23.4. The Kier molecular flexibility index (Phi) is 36.5. The van der Waals surface area contributed by atoms with Gasteiger partial charge in [-0.3, -0.25) is 13.8 Å². The van der Waals surface area contributed by atoms with Crippen LogP contribution in [0.4, 0.5) is 0 Å². The number of aliphatic hydroxyl groups is 6. The van der Waals surface area contributed by atoms with E-state index in [0.29, 0.717) is 6.42 Å². The lowest BCUT2D eigenvalue weighted by atomic mass is 9.85. The first-order valence-electron chi connectivity index (χ1n) is 25.1. The van der Waals surface area contributed by atoms with Crippen molar-refractivity contribution in [1.29, 1.82) is 0 Å². The molecule has 1 amide bonds. The largest absolute Gasteiger partial charge is 0.472 e. The molecule has 8 N–H and O–H groups in total. The molecule has 1 saturated carbocycles. The van der Waals surface area contributed by atoms with Crippen LogP contribution in [0.25, 0.3) is 0 Å². The summed E-state index contributed by atoms with van der Waals surface area (Å²) in [6, 6.07) is -1.11. The zero-order valence-electron chi connectivity index (χ0n) is 38.7. The van der Waals surface area contributed by atoms with E-state index >= 15 is 0 Å². The molecule has 61 heavy (non-hydrogen) atoms. The highest BCUT2D eigenvalue weighted by molar-refractivity contribution is 7.47. The highest BCUT2D eigenvalue weighted by atomic mass is 31.2. The fourth-order valence-electron chi connectivity index (χ4n) is 8.20. The van der Waals surface area contributed by atoms with Crippen molar-refractivity contribution >= 4 is 13.7 Å². The van der Waals surface area contributed by atoms with Crippen LogP contribution >= 0.6 is 7.82 Å². The van der Waals surface area contributed by atoms with Gasteiger partial charge in [-0.2, -0.15) is 0 Å². The summed E-state index contributed by atoms with van der Waals surface area (Å²) < 4.78 is 23.0. The fourth-order valence-corrected chi connectivity index (χ4v) is 9.17. The van der Waals surface area contributed by atoms with Gasteiger partial charge in [0.05, 0.1) is 18.8 Å². The predicted octanol–water partition coefficient (Wildman–Crippen LogP) is 10.0. The molecule has 0 saturated heterocycles. The first-order valence-corrected chi connectivity index (χ1v) is 26.6. The van der Waals surface area contributed by atoms with E-state index in [9.17, 15) is 44.9 Å². The van der Waals surface area contributed by atoms with Crippen LogP contribution in [-0.4, -0.2) is 96.8 Å². The molecule has 12 nitrogen and oxygen atoms in total. The van der Waals surface area contributed by atoms with E-state index in [4.69, 9.17) is 9.05 Å². The number of carbonyl (C=O) groups is 1. The monoisotopic (exact) mass is 892 g/mol. The normalized spacial score (nSPS) is 22.7. The smallest absolute Gasteiger partial charge is 0.387 e. The van der Waals surface area contributed by atoms with Crippen molar-refractivity contribution in [2.24, 2.45) is 0 Å². The van der Waals surface area contributed by atoms with Crippen LogP contribution in [0.5, 0.6) is 0 Å². The van der Waals surface area contributed by atoms with Gasteiger partial charge in [0.2, 0.25) is 5.91 Å². The molecule has 1 aliphatic rings. The van der Waals surface area contributed by atoms with Crippen molar-refractivity contribution in [1.82, 2.24) is 5.32 Å². The van der Waals surface area contributed by atoms with Crippen molar-refractivity contribution in [3.8, 4) is 0 Å². The number of unbranched alkanes of at least 4 members (excludes halogenated alkanes) is 31. The number of allylic oxidation sites excluding steroid dienone is 1. The molecule has 0 bridgehead atoms. The molecule has 1 rings (SSSR count). The second-order valence-corrected chi connectivity index (χ2v) is 19.4. The van der Waals surface area contributed by atoms with E-state index < -0.39 is 63.2 Å². The van der Waals surface area contributed by atoms with E-state index in [1.807, 2.05) is 6.08 Å². The van der Waals surface area contributed by atoms with Crippen molar-refractivity contribution in [2.75, 3.05) is 6.61 Å². The number of aliphatic hydroxyl groups excluding tert-OH is 6. The van der Waals surface area contributed by atoms with Crippen LogP contribution in [0.1, 0.15) is 232 Å². The Morgan fingerprint density at radius 2 is 0.869 bits per heavy atom. The third-order valence-electron chi connectivity index (χ3n) is 12.3. The van der Waals surface area contributed by atoms with Crippen LogP contribution in [0.15, 0.2) is 12.2 Å². The Hall–Kier alpha value is -0.920. The maximum Gasteiger partial charge on any atom is 0.472 e. The van der Waals surface area contributed by atoms with Gasteiger partial charge in [0.25, 0.3) is 0 Å². The molecular weight excluding hydrogens is 797 g/mol. The zero-order chi connectivity index (χ0) is 45.0. The number of carbonyl (C=O) groups excluding carboxylic acids is 1. The van der Waals surface area contributed by atoms with E-state index in [-0.39, 0.29) is 12.3 Å². The van der Waals surface area contributed by atoms with Gasteiger partial charge in [0.15, 0.2) is 0 Å². The molecule has 0 radical (unpaired) electrons. The number of amides is 1. The Labute approximate surface area is 371 Å². The second-order valence-electron chi connectivity index (χ2n) is 18.0. The first kappa shape index (κ1) is 58.1. The Morgan fingerprint density at radius 3 is 1.25 bits per heavy atom. The molecule has 13 heteroatoms. The summed E-state index contributed by atoms with van der Waals surface area (Å²) in [6.45, 7) is 3.86. The van der Waals surface area contributed by atoms with Crippen LogP contribution in [-0.2, 0) is 18.4 Å². The third-order valence-corrected chi connectivity index (χ3v) is 13.3. The van der Waals surface area contributed by atoms with Crippen LogP contribution in [0.2, 0.25) is 0 Å². The molecule has 1 fully saturated rings. The molecule has 362 valence electrons. The molecule has 0 aromatic rings. The number of phosphoric acid groups is 1. The number of hydrogen-bond acceptors (Lipinski definition) is 10. The quantitative estimate of drug-likeness (QED) is 0.0164. The molecule has 9 atom stereocenters. The van der Waals surface area contributed by atoms with Gasteiger partial charge < -0.3 is 40.8 Å². The Bertz CT molecular complexity index is 1080. The lowest BCUT2D eigenvalue weighted by Gasteiger charge is -2.41. The number of nitrogens with one attached hydrogen (secondary N) is 1. The summed E-state index contributed by atoms with van der Waals surface area (Å²) in [7, 11) is -5.08. The van der Waals surface area contributed by atoms with Gasteiger partial charge >= 0.3 is 7.82 Å². The van der Waals surface area contributed by atoms with E-state index in [2.05, 4.69) is 19.2 Å². The molecule has 0 aromatic heterocycles. The average Bonchev–Trinajstić information content (AvgIpc) is 3.24. The van der Waals surface area contributed by atoms with Gasteiger partial charge in [0, 0.05) is 6.42 Å². The number of rotatable bonds is 42. The van der Waals surface area contributed by atoms with Gasteiger partial charge in [-0.15, -0.1) is 0 Å². The second kappa shape index (κ2) is 38.4. The van der Waals surface area contributed by atoms with E-state index in [0.717, 1.165) is 44.9 Å². The molecule has 0 aliphatic heterocycles.